The molecule has 1 unspecified atom stereocenters. The zero-order valence-corrected chi connectivity index (χ0v) is 9.43. The zero-order chi connectivity index (χ0) is 10.6. The van der Waals surface area contributed by atoms with E-state index in [2.05, 4.69) is 13.0 Å². The quantitative estimate of drug-likeness (QED) is 0.475. The number of carbonyl (C=O) groups excluding carboxylic acids is 1. The molecule has 2 heteroatoms. The number of allylic oxidation sites excluding steroid dienone is 2. The third kappa shape index (κ3) is 3.52. The normalized spacial score (nSPS) is 32.4. The average molecular weight is 196 g/mol. The van der Waals surface area contributed by atoms with Gasteiger partial charge in [-0.3, -0.25) is 4.79 Å². The van der Waals surface area contributed by atoms with Crippen LogP contribution in [0.1, 0.15) is 52.9 Å². The lowest BCUT2D eigenvalue weighted by molar-refractivity contribution is -0.156. The Bertz CT molecular complexity index is 243. The summed E-state index contributed by atoms with van der Waals surface area (Å²) in [5.74, 6) is -0.159. The minimum atomic E-state index is -0.233. The van der Waals surface area contributed by atoms with Crippen molar-refractivity contribution in [3.8, 4) is 0 Å². The van der Waals surface area contributed by atoms with Crippen LogP contribution >= 0.6 is 0 Å². The van der Waals surface area contributed by atoms with E-state index in [0.29, 0.717) is 0 Å². The van der Waals surface area contributed by atoms with Crippen molar-refractivity contribution in [2.24, 2.45) is 0 Å². The molecule has 0 amide bonds. The first-order chi connectivity index (χ1) is 6.52. The first kappa shape index (κ1) is 11.3. The molecule has 1 aliphatic rings. The fraction of sp³-hybridized carbons (Fsp3) is 0.750. The summed E-state index contributed by atoms with van der Waals surface area (Å²) >= 11 is 0. The second-order valence-electron chi connectivity index (χ2n) is 4.49. The number of rotatable bonds is 1. The fourth-order valence-electron chi connectivity index (χ4n) is 2.04. The van der Waals surface area contributed by atoms with Crippen molar-refractivity contribution < 1.29 is 9.53 Å². The molecule has 0 saturated heterocycles. The second kappa shape index (κ2) is 4.63. The van der Waals surface area contributed by atoms with Gasteiger partial charge in [0.05, 0.1) is 0 Å². The van der Waals surface area contributed by atoms with Crippen LogP contribution in [-0.4, -0.2) is 11.6 Å². The molecule has 14 heavy (non-hydrogen) atoms. The van der Waals surface area contributed by atoms with Crippen LogP contribution in [-0.2, 0) is 9.53 Å². The number of hydrogen-bond donors (Lipinski definition) is 0. The molecule has 0 aliphatic heterocycles. The number of carbonyl (C=O) groups is 1. The summed E-state index contributed by atoms with van der Waals surface area (Å²) in [5, 5.41) is 0. The Morgan fingerprint density at radius 1 is 1.50 bits per heavy atom. The SMILES string of the molecule is CC(=O)OC1(C)CC/C=C(/C)CCC1. The van der Waals surface area contributed by atoms with Gasteiger partial charge in [0, 0.05) is 6.92 Å². The summed E-state index contributed by atoms with van der Waals surface area (Å²) in [7, 11) is 0. The molecule has 0 aromatic carbocycles. The van der Waals surface area contributed by atoms with Crippen LogP contribution in [0.2, 0.25) is 0 Å². The molecule has 0 aromatic rings. The summed E-state index contributed by atoms with van der Waals surface area (Å²) in [6, 6.07) is 0. The van der Waals surface area contributed by atoms with Crippen molar-refractivity contribution in [3.05, 3.63) is 11.6 Å². The van der Waals surface area contributed by atoms with E-state index in [9.17, 15) is 4.79 Å². The van der Waals surface area contributed by atoms with Crippen LogP contribution in [0, 0.1) is 0 Å². The third-order valence-electron chi connectivity index (χ3n) is 2.83. The lowest BCUT2D eigenvalue weighted by Crippen LogP contribution is -2.31. The van der Waals surface area contributed by atoms with Crippen LogP contribution in [0.25, 0.3) is 0 Å². The minimum absolute atomic E-state index is 0.159. The molecule has 80 valence electrons. The van der Waals surface area contributed by atoms with E-state index in [4.69, 9.17) is 4.74 Å². The molecule has 0 spiro atoms. The minimum Gasteiger partial charge on any atom is -0.460 e. The van der Waals surface area contributed by atoms with Crippen molar-refractivity contribution in [1.82, 2.24) is 0 Å². The van der Waals surface area contributed by atoms with Crippen molar-refractivity contribution >= 4 is 5.97 Å². The Hall–Kier alpha value is -0.790. The van der Waals surface area contributed by atoms with Crippen molar-refractivity contribution in [2.45, 2.75) is 58.5 Å². The van der Waals surface area contributed by atoms with E-state index in [0.717, 1.165) is 32.1 Å². The predicted molar refractivity (Wildman–Crippen MR) is 57.0 cm³/mol. The highest BCUT2D eigenvalue weighted by molar-refractivity contribution is 5.66. The summed E-state index contributed by atoms with van der Waals surface area (Å²) in [4.78, 5) is 10.9. The van der Waals surface area contributed by atoms with E-state index in [1.165, 1.54) is 12.5 Å². The summed E-state index contributed by atoms with van der Waals surface area (Å²) in [6.45, 7) is 5.71. The van der Waals surface area contributed by atoms with Crippen molar-refractivity contribution in [2.75, 3.05) is 0 Å². The lowest BCUT2D eigenvalue weighted by atomic mass is 9.89. The second-order valence-corrected chi connectivity index (χ2v) is 4.49. The van der Waals surface area contributed by atoms with Crippen LogP contribution in [0.3, 0.4) is 0 Å². The van der Waals surface area contributed by atoms with E-state index in [-0.39, 0.29) is 11.6 Å². The van der Waals surface area contributed by atoms with Gasteiger partial charge in [0.25, 0.3) is 0 Å². The molecular formula is C12H20O2. The molecule has 0 radical (unpaired) electrons. The number of hydrogen-bond acceptors (Lipinski definition) is 2. The Morgan fingerprint density at radius 2 is 2.21 bits per heavy atom. The van der Waals surface area contributed by atoms with Crippen LogP contribution in [0.5, 0.6) is 0 Å². The molecule has 2 nitrogen and oxygen atoms in total. The largest absolute Gasteiger partial charge is 0.460 e. The maximum Gasteiger partial charge on any atom is 0.303 e. The summed E-state index contributed by atoms with van der Waals surface area (Å²) in [5.41, 5.74) is 1.23. The van der Waals surface area contributed by atoms with Gasteiger partial charge >= 0.3 is 5.97 Å². The molecule has 0 aromatic heterocycles. The third-order valence-corrected chi connectivity index (χ3v) is 2.83. The van der Waals surface area contributed by atoms with E-state index in [1.807, 2.05) is 6.92 Å². The van der Waals surface area contributed by atoms with Gasteiger partial charge in [-0.05, 0) is 46.0 Å². The number of ether oxygens (including phenoxy) is 1. The molecule has 1 atom stereocenters. The highest BCUT2D eigenvalue weighted by Crippen LogP contribution is 2.28. The molecule has 0 fully saturated rings. The first-order valence-corrected chi connectivity index (χ1v) is 5.37. The van der Waals surface area contributed by atoms with Gasteiger partial charge < -0.3 is 4.74 Å². The summed E-state index contributed by atoms with van der Waals surface area (Å²) in [6.07, 6.45) is 7.47. The predicted octanol–water partition coefficient (Wildman–Crippen LogP) is 3.22. The summed E-state index contributed by atoms with van der Waals surface area (Å²) < 4.78 is 5.38. The monoisotopic (exact) mass is 196 g/mol. The smallest absolute Gasteiger partial charge is 0.303 e. The van der Waals surface area contributed by atoms with Crippen LogP contribution in [0.15, 0.2) is 11.6 Å². The molecule has 1 aliphatic carbocycles. The Kier molecular flexibility index (Phi) is 3.73. The van der Waals surface area contributed by atoms with Crippen LogP contribution in [0.4, 0.5) is 0 Å². The molecule has 0 saturated carbocycles. The molecule has 0 bridgehead atoms. The average Bonchev–Trinajstić information content (AvgIpc) is 1.99. The number of esters is 1. The van der Waals surface area contributed by atoms with Gasteiger partial charge in [0.2, 0.25) is 0 Å². The van der Waals surface area contributed by atoms with E-state index in [1.54, 1.807) is 0 Å². The fourth-order valence-corrected chi connectivity index (χ4v) is 2.04. The van der Waals surface area contributed by atoms with Gasteiger partial charge in [-0.1, -0.05) is 11.6 Å². The van der Waals surface area contributed by atoms with E-state index < -0.39 is 0 Å². The zero-order valence-electron chi connectivity index (χ0n) is 9.43. The Morgan fingerprint density at radius 3 is 2.86 bits per heavy atom. The molecule has 1 rings (SSSR count). The van der Waals surface area contributed by atoms with Crippen molar-refractivity contribution in [1.29, 1.82) is 0 Å². The van der Waals surface area contributed by atoms with E-state index >= 15 is 0 Å². The maximum atomic E-state index is 10.9. The Labute approximate surface area is 86.3 Å². The first-order valence-electron chi connectivity index (χ1n) is 5.37. The van der Waals surface area contributed by atoms with Gasteiger partial charge in [-0.25, -0.2) is 0 Å². The molecule has 0 N–H and O–H groups in total. The maximum absolute atomic E-state index is 10.9. The van der Waals surface area contributed by atoms with Crippen molar-refractivity contribution in [3.63, 3.8) is 0 Å². The molecular weight excluding hydrogens is 176 g/mol. The topological polar surface area (TPSA) is 26.3 Å². The highest BCUT2D eigenvalue weighted by Gasteiger charge is 2.27. The van der Waals surface area contributed by atoms with Gasteiger partial charge in [0.15, 0.2) is 0 Å². The van der Waals surface area contributed by atoms with Crippen LogP contribution < -0.4 is 0 Å². The Balaban J connectivity index is 2.58. The lowest BCUT2D eigenvalue weighted by Gasteiger charge is -2.30. The van der Waals surface area contributed by atoms with Gasteiger partial charge in [-0.15, -0.1) is 0 Å². The van der Waals surface area contributed by atoms with Gasteiger partial charge in [0.1, 0.15) is 5.60 Å². The van der Waals surface area contributed by atoms with Gasteiger partial charge in [-0.2, -0.15) is 0 Å². The highest BCUT2D eigenvalue weighted by atomic mass is 16.6. The standard InChI is InChI=1S/C12H20O2/c1-10-6-4-8-12(3,9-5-7-10)14-11(2)13/h6H,4-5,7-9H2,1-3H3/b10-6-. The molecule has 0 heterocycles.